The summed E-state index contributed by atoms with van der Waals surface area (Å²) in [7, 11) is 1.51. The van der Waals surface area contributed by atoms with Gasteiger partial charge in [-0.2, -0.15) is 0 Å². The molecule has 37 heavy (non-hydrogen) atoms. The average molecular weight is 544 g/mol. The molecule has 1 unspecified atom stereocenters. The molecule has 1 aromatic carbocycles. The zero-order valence-electron chi connectivity index (χ0n) is 20.0. The molecule has 0 aliphatic heterocycles. The van der Waals surface area contributed by atoms with Gasteiger partial charge in [-0.15, -0.1) is 0 Å². The van der Waals surface area contributed by atoms with Gasteiger partial charge in [-0.05, 0) is 30.2 Å². The van der Waals surface area contributed by atoms with Crippen LogP contribution in [-0.2, 0) is 23.8 Å². The number of anilines is 1. The maximum Gasteiger partial charge on any atom is 0.410 e. The lowest BCUT2D eigenvalue weighted by molar-refractivity contribution is 0.209. The highest BCUT2D eigenvalue weighted by molar-refractivity contribution is 7.84. The summed E-state index contributed by atoms with van der Waals surface area (Å²) >= 11 is 6.58. The van der Waals surface area contributed by atoms with E-state index in [9.17, 15) is 13.8 Å². The number of rotatable bonds is 8. The molecule has 0 saturated heterocycles. The van der Waals surface area contributed by atoms with Gasteiger partial charge in [0.25, 0.3) is 5.56 Å². The number of hydrogen-bond donors (Lipinski definition) is 2. The first-order valence-electron chi connectivity index (χ1n) is 10.8. The van der Waals surface area contributed by atoms with Crippen LogP contribution in [-0.4, -0.2) is 55.4 Å². The molecule has 0 fully saturated rings. The summed E-state index contributed by atoms with van der Waals surface area (Å²) in [4.78, 5) is 37.3. The molecule has 0 saturated carbocycles. The summed E-state index contributed by atoms with van der Waals surface area (Å²) in [5.41, 5.74) is 1.39. The summed E-state index contributed by atoms with van der Waals surface area (Å²) in [6, 6.07) is 8.13. The predicted molar refractivity (Wildman–Crippen MR) is 139 cm³/mol. The van der Waals surface area contributed by atoms with E-state index in [1.807, 2.05) is 0 Å². The van der Waals surface area contributed by atoms with Gasteiger partial charge in [-0.3, -0.25) is 18.9 Å². The lowest BCUT2D eigenvalue weighted by atomic mass is 10.0. The molecule has 1 atom stereocenters. The third kappa shape index (κ3) is 5.54. The Kier molecular flexibility index (Phi) is 7.69. The first-order valence-corrected chi connectivity index (χ1v) is 12.8. The van der Waals surface area contributed by atoms with Crippen LogP contribution in [0.1, 0.15) is 5.56 Å². The van der Waals surface area contributed by atoms with Crippen molar-refractivity contribution in [1.29, 1.82) is 0 Å². The summed E-state index contributed by atoms with van der Waals surface area (Å²) in [6.45, 7) is 0.197. The third-order valence-electron chi connectivity index (χ3n) is 5.50. The fourth-order valence-electron chi connectivity index (χ4n) is 3.71. The predicted octanol–water partition coefficient (Wildman–Crippen LogP) is 3.59. The van der Waals surface area contributed by atoms with E-state index < -0.39 is 16.9 Å². The number of aryl methyl sites for hydroxylation is 2. The molecular weight excluding hydrogens is 522 g/mol. The van der Waals surface area contributed by atoms with Crippen molar-refractivity contribution in [2.75, 3.05) is 25.8 Å². The second kappa shape index (κ2) is 10.9. The van der Waals surface area contributed by atoms with E-state index in [0.29, 0.717) is 34.5 Å². The molecule has 4 rings (SSSR count). The molecule has 0 spiro atoms. The number of benzene rings is 1. The van der Waals surface area contributed by atoms with Gasteiger partial charge in [-0.25, -0.2) is 19.7 Å². The number of halogens is 1. The second-order valence-electron chi connectivity index (χ2n) is 7.82. The van der Waals surface area contributed by atoms with Crippen LogP contribution in [0.5, 0.6) is 11.5 Å². The Morgan fingerprint density at radius 2 is 1.92 bits per heavy atom. The van der Waals surface area contributed by atoms with Crippen molar-refractivity contribution in [3.8, 4) is 22.6 Å². The Bertz CT molecular complexity index is 1580. The van der Waals surface area contributed by atoms with E-state index in [1.54, 1.807) is 24.3 Å². The third-order valence-corrected chi connectivity index (χ3v) is 6.61. The molecule has 1 amide bonds. The molecule has 0 bridgehead atoms. The van der Waals surface area contributed by atoms with E-state index in [1.165, 1.54) is 43.5 Å². The number of hydrogen-bond acceptors (Lipinski definition) is 8. The summed E-state index contributed by atoms with van der Waals surface area (Å²) in [6.07, 6.45) is 3.65. The highest BCUT2D eigenvalue weighted by Crippen LogP contribution is 2.38. The van der Waals surface area contributed by atoms with E-state index in [2.05, 4.69) is 20.3 Å². The summed E-state index contributed by atoms with van der Waals surface area (Å²) < 4.78 is 24.2. The second-order valence-corrected chi connectivity index (χ2v) is 9.47. The van der Waals surface area contributed by atoms with Crippen LogP contribution in [0, 0.1) is 0 Å². The normalized spacial score (nSPS) is 11.8. The number of fused-ring (bicyclic) bond motifs is 1. The number of amides is 1. The fourth-order valence-corrected chi connectivity index (χ4v) is 4.42. The van der Waals surface area contributed by atoms with Crippen molar-refractivity contribution in [3.63, 3.8) is 0 Å². The van der Waals surface area contributed by atoms with Crippen LogP contribution in [0.15, 0.2) is 52.7 Å². The van der Waals surface area contributed by atoms with Crippen LogP contribution in [0.3, 0.4) is 0 Å². The molecule has 0 aliphatic carbocycles. The van der Waals surface area contributed by atoms with Gasteiger partial charge in [0.2, 0.25) is 5.16 Å². The SMILES string of the molecule is COc1cc(OC)c(Cl)c(-c2cc3cnc(S(C)=O)nc3n(CCc3ccc(NC(=O)O)nc3)c2=O)c1. The number of ether oxygens (including phenoxy) is 2. The van der Waals surface area contributed by atoms with Crippen LogP contribution in [0.4, 0.5) is 10.6 Å². The van der Waals surface area contributed by atoms with Crippen LogP contribution in [0.25, 0.3) is 22.2 Å². The van der Waals surface area contributed by atoms with E-state index in [0.717, 1.165) is 5.56 Å². The lowest BCUT2D eigenvalue weighted by Gasteiger charge is -2.15. The Balaban J connectivity index is 1.85. The first-order chi connectivity index (χ1) is 17.7. The van der Waals surface area contributed by atoms with Gasteiger partial charge in [0.05, 0.1) is 30.0 Å². The Hall–Kier alpha value is -4.03. The van der Waals surface area contributed by atoms with Crippen LogP contribution < -0.4 is 20.3 Å². The van der Waals surface area contributed by atoms with Crippen LogP contribution >= 0.6 is 11.6 Å². The monoisotopic (exact) mass is 543 g/mol. The molecule has 0 aliphatic rings. The standard InChI is InChI=1S/C24H22ClN5O6S/c1-35-15-9-16(20(25)18(10-15)36-2)17-8-14-12-27-23(37(3)34)29-21(14)30(22(17)31)7-6-13-4-5-19(26-11-13)28-24(32)33/h4-5,8-12H,6-7H2,1-3H3,(H,26,28)(H,32,33). The molecule has 0 radical (unpaired) electrons. The number of aromatic nitrogens is 4. The molecule has 4 aromatic rings. The molecule has 11 nitrogen and oxygen atoms in total. The molecule has 2 N–H and O–H groups in total. The van der Waals surface area contributed by atoms with Gasteiger partial charge in [0.1, 0.15) is 23.0 Å². The van der Waals surface area contributed by atoms with Gasteiger partial charge >= 0.3 is 6.09 Å². The van der Waals surface area contributed by atoms with E-state index in [-0.39, 0.29) is 33.7 Å². The molecule has 13 heteroatoms. The van der Waals surface area contributed by atoms with E-state index in [4.69, 9.17) is 26.2 Å². The van der Waals surface area contributed by atoms with Gasteiger partial charge in [0, 0.05) is 47.8 Å². The van der Waals surface area contributed by atoms with Crippen molar-refractivity contribution >= 4 is 45.3 Å². The number of nitrogens with one attached hydrogen (secondary N) is 1. The van der Waals surface area contributed by atoms with Crippen molar-refractivity contribution in [2.24, 2.45) is 0 Å². The Morgan fingerprint density at radius 1 is 1.14 bits per heavy atom. The minimum Gasteiger partial charge on any atom is -0.497 e. The lowest BCUT2D eigenvalue weighted by Crippen LogP contribution is -2.24. The average Bonchev–Trinajstić information content (AvgIpc) is 2.88. The highest BCUT2D eigenvalue weighted by Gasteiger charge is 2.19. The number of nitrogens with zero attached hydrogens (tertiary/aromatic N) is 4. The molecule has 3 aromatic heterocycles. The zero-order chi connectivity index (χ0) is 26.7. The maximum absolute atomic E-state index is 13.8. The largest absolute Gasteiger partial charge is 0.497 e. The quantitative estimate of drug-likeness (QED) is 0.318. The summed E-state index contributed by atoms with van der Waals surface area (Å²) in [5.74, 6) is 0.984. The minimum atomic E-state index is -1.46. The Morgan fingerprint density at radius 3 is 2.54 bits per heavy atom. The number of carbonyl (C=O) groups is 1. The highest BCUT2D eigenvalue weighted by atomic mass is 35.5. The van der Waals surface area contributed by atoms with Crippen LogP contribution in [0.2, 0.25) is 5.02 Å². The number of carboxylic acid groups (broad SMARTS) is 1. The number of methoxy groups -OCH3 is 2. The zero-order valence-corrected chi connectivity index (χ0v) is 21.6. The van der Waals surface area contributed by atoms with Crippen molar-refractivity contribution in [2.45, 2.75) is 18.1 Å². The van der Waals surface area contributed by atoms with Crippen molar-refractivity contribution in [1.82, 2.24) is 19.5 Å². The topological polar surface area (TPSA) is 146 Å². The number of pyridine rings is 2. The smallest absolute Gasteiger partial charge is 0.410 e. The van der Waals surface area contributed by atoms with Gasteiger partial charge in [0.15, 0.2) is 0 Å². The molecule has 3 heterocycles. The molecular formula is C24H22ClN5O6S. The van der Waals surface area contributed by atoms with Gasteiger partial charge < -0.3 is 14.6 Å². The molecule has 192 valence electrons. The van der Waals surface area contributed by atoms with Gasteiger partial charge in [-0.1, -0.05) is 17.7 Å². The van der Waals surface area contributed by atoms with E-state index >= 15 is 0 Å². The first kappa shape index (κ1) is 26.0. The van der Waals surface area contributed by atoms with Crippen molar-refractivity contribution in [3.05, 3.63) is 63.7 Å². The fraction of sp³-hybridized carbons (Fsp3) is 0.208. The minimum absolute atomic E-state index is 0.0975. The summed E-state index contributed by atoms with van der Waals surface area (Å²) in [5, 5.41) is 11.9. The Labute approximate surface area is 218 Å². The van der Waals surface area contributed by atoms with Crippen molar-refractivity contribution < 1.29 is 23.6 Å². The maximum atomic E-state index is 13.8.